The summed E-state index contributed by atoms with van der Waals surface area (Å²) in [4.78, 5) is 6.35. The molecule has 1 aromatic heterocycles. The van der Waals surface area contributed by atoms with E-state index in [2.05, 4.69) is 18.8 Å². The minimum absolute atomic E-state index is 0.166. The van der Waals surface area contributed by atoms with Gasteiger partial charge >= 0.3 is 0 Å². The summed E-state index contributed by atoms with van der Waals surface area (Å²) in [6.07, 6.45) is 1.77. The molecule has 1 aromatic carbocycles. The number of para-hydroxylation sites is 1. The van der Waals surface area contributed by atoms with Crippen LogP contribution in [0.15, 0.2) is 48.7 Å². The Labute approximate surface area is 125 Å². The van der Waals surface area contributed by atoms with Crippen molar-refractivity contribution < 1.29 is 4.74 Å². The van der Waals surface area contributed by atoms with Gasteiger partial charge in [0, 0.05) is 12.2 Å². The number of hydrogen-bond acceptors (Lipinski definition) is 3. The summed E-state index contributed by atoms with van der Waals surface area (Å²) in [5, 5.41) is 0.410. The number of ether oxygens (including phenoxy) is 1. The molecule has 0 aliphatic carbocycles. The van der Waals surface area contributed by atoms with Crippen molar-refractivity contribution in [1.29, 1.82) is 0 Å². The second kappa shape index (κ2) is 6.48. The van der Waals surface area contributed by atoms with Crippen molar-refractivity contribution in [1.82, 2.24) is 4.98 Å². The SMILES string of the molecule is Cc1cccnc1N(C(=S)Oc1ccccc1)C(C)C. The monoisotopic (exact) mass is 286 g/mol. The molecule has 2 aromatic rings. The summed E-state index contributed by atoms with van der Waals surface area (Å²) >= 11 is 5.44. The lowest BCUT2D eigenvalue weighted by atomic mass is 10.2. The van der Waals surface area contributed by atoms with Gasteiger partial charge in [0.25, 0.3) is 5.17 Å². The zero-order valence-corrected chi connectivity index (χ0v) is 12.7. The fraction of sp³-hybridized carbons (Fsp3) is 0.250. The first-order valence-corrected chi connectivity index (χ1v) is 6.98. The van der Waals surface area contributed by atoms with E-state index in [1.54, 1.807) is 6.20 Å². The minimum Gasteiger partial charge on any atom is -0.432 e. The number of rotatable bonds is 3. The number of aromatic nitrogens is 1. The maximum absolute atomic E-state index is 5.76. The maximum Gasteiger partial charge on any atom is 0.270 e. The molecule has 0 unspecified atom stereocenters. The Hall–Kier alpha value is -1.94. The molecule has 1 heterocycles. The molecule has 3 nitrogen and oxygen atoms in total. The van der Waals surface area contributed by atoms with Gasteiger partial charge in [-0.3, -0.25) is 4.90 Å². The number of hydrogen-bond donors (Lipinski definition) is 0. The Balaban J connectivity index is 2.26. The largest absolute Gasteiger partial charge is 0.432 e. The van der Waals surface area contributed by atoms with E-state index in [4.69, 9.17) is 17.0 Å². The highest BCUT2D eigenvalue weighted by Crippen LogP contribution is 2.21. The summed E-state index contributed by atoms with van der Waals surface area (Å²) < 4.78 is 5.76. The Bertz CT molecular complexity index is 584. The average Bonchev–Trinajstić information content (AvgIpc) is 2.42. The molecule has 0 radical (unpaired) electrons. The predicted octanol–water partition coefficient (Wildman–Crippen LogP) is 3.97. The quantitative estimate of drug-likeness (QED) is 0.797. The van der Waals surface area contributed by atoms with Gasteiger partial charge in [-0.1, -0.05) is 24.3 Å². The molecule has 0 fully saturated rings. The van der Waals surface area contributed by atoms with Crippen LogP contribution in [0.4, 0.5) is 5.82 Å². The van der Waals surface area contributed by atoms with Crippen LogP contribution in [0.25, 0.3) is 0 Å². The third kappa shape index (κ3) is 3.33. The fourth-order valence-electron chi connectivity index (χ4n) is 1.91. The molecule has 2 rings (SSSR count). The summed E-state index contributed by atoms with van der Waals surface area (Å²) in [6, 6.07) is 13.7. The fourth-order valence-corrected chi connectivity index (χ4v) is 2.30. The minimum atomic E-state index is 0.166. The van der Waals surface area contributed by atoms with Crippen molar-refractivity contribution in [3.05, 3.63) is 54.2 Å². The van der Waals surface area contributed by atoms with Gasteiger partial charge in [0.2, 0.25) is 0 Å². The van der Waals surface area contributed by atoms with Crippen molar-refractivity contribution in [2.24, 2.45) is 0 Å². The third-order valence-electron chi connectivity index (χ3n) is 2.87. The number of aryl methyl sites for hydroxylation is 1. The van der Waals surface area contributed by atoms with E-state index in [1.807, 2.05) is 54.3 Å². The molecule has 0 amide bonds. The molecule has 0 N–H and O–H groups in total. The number of thiocarbonyl (C=S) groups is 1. The topological polar surface area (TPSA) is 25.4 Å². The van der Waals surface area contributed by atoms with Gasteiger partial charge in [-0.05, 0) is 56.8 Å². The first-order chi connectivity index (χ1) is 9.59. The highest BCUT2D eigenvalue weighted by Gasteiger charge is 2.20. The standard InChI is InChI=1S/C16H18N2OS/c1-12(2)18(15-13(3)8-7-11-17-15)16(20)19-14-9-5-4-6-10-14/h4-12H,1-3H3. The van der Waals surface area contributed by atoms with Crippen molar-refractivity contribution in [3.63, 3.8) is 0 Å². The van der Waals surface area contributed by atoms with Crippen LogP contribution in [-0.2, 0) is 0 Å². The van der Waals surface area contributed by atoms with Crippen molar-refractivity contribution >= 4 is 23.2 Å². The van der Waals surface area contributed by atoms with Crippen LogP contribution in [0.1, 0.15) is 19.4 Å². The predicted molar refractivity (Wildman–Crippen MR) is 86.3 cm³/mol. The van der Waals surface area contributed by atoms with Crippen molar-refractivity contribution in [2.75, 3.05) is 4.90 Å². The van der Waals surface area contributed by atoms with Gasteiger partial charge in [0.05, 0.1) is 0 Å². The molecule has 20 heavy (non-hydrogen) atoms. The van der Waals surface area contributed by atoms with Gasteiger partial charge in [-0.15, -0.1) is 0 Å². The molecule has 0 atom stereocenters. The number of benzene rings is 1. The molecule has 0 bridgehead atoms. The third-order valence-corrected chi connectivity index (χ3v) is 3.15. The van der Waals surface area contributed by atoms with Gasteiger partial charge in [0.1, 0.15) is 11.6 Å². The van der Waals surface area contributed by atoms with E-state index < -0.39 is 0 Å². The molecule has 0 saturated carbocycles. The van der Waals surface area contributed by atoms with Gasteiger partial charge in [-0.25, -0.2) is 4.98 Å². The van der Waals surface area contributed by atoms with E-state index in [-0.39, 0.29) is 6.04 Å². The Morgan fingerprint density at radius 2 is 1.85 bits per heavy atom. The zero-order chi connectivity index (χ0) is 14.5. The second-order valence-corrected chi connectivity index (χ2v) is 5.14. The van der Waals surface area contributed by atoms with Crippen LogP contribution in [0.5, 0.6) is 5.75 Å². The van der Waals surface area contributed by atoms with Crippen molar-refractivity contribution in [3.8, 4) is 5.75 Å². The lowest BCUT2D eigenvalue weighted by Gasteiger charge is -2.28. The highest BCUT2D eigenvalue weighted by molar-refractivity contribution is 7.80. The molecule has 104 valence electrons. The Morgan fingerprint density at radius 3 is 2.45 bits per heavy atom. The average molecular weight is 286 g/mol. The van der Waals surface area contributed by atoms with E-state index >= 15 is 0 Å². The van der Waals surface area contributed by atoms with Crippen LogP contribution in [0, 0.1) is 6.92 Å². The Kier molecular flexibility index (Phi) is 4.69. The van der Waals surface area contributed by atoms with E-state index in [9.17, 15) is 0 Å². The molecule has 0 saturated heterocycles. The van der Waals surface area contributed by atoms with E-state index in [0.29, 0.717) is 5.17 Å². The first-order valence-electron chi connectivity index (χ1n) is 6.57. The molecular weight excluding hydrogens is 268 g/mol. The van der Waals surface area contributed by atoms with Crippen LogP contribution < -0.4 is 9.64 Å². The number of pyridine rings is 1. The first kappa shape index (κ1) is 14.5. The van der Waals surface area contributed by atoms with Crippen LogP contribution in [0.3, 0.4) is 0 Å². The van der Waals surface area contributed by atoms with Gasteiger partial charge in [-0.2, -0.15) is 0 Å². The number of nitrogens with zero attached hydrogens (tertiary/aromatic N) is 2. The van der Waals surface area contributed by atoms with Crippen LogP contribution >= 0.6 is 12.2 Å². The molecule has 0 spiro atoms. The molecule has 0 aliphatic rings. The number of anilines is 1. The normalized spacial score (nSPS) is 10.4. The molecule has 0 aliphatic heterocycles. The summed E-state index contributed by atoms with van der Waals surface area (Å²) in [7, 11) is 0. The second-order valence-electron chi connectivity index (χ2n) is 4.79. The van der Waals surface area contributed by atoms with E-state index in [1.165, 1.54) is 0 Å². The summed E-state index contributed by atoms with van der Waals surface area (Å²) in [5.41, 5.74) is 1.07. The Morgan fingerprint density at radius 1 is 1.15 bits per heavy atom. The van der Waals surface area contributed by atoms with Gasteiger partial charge < -0.3 is 4.74 Å². The lowest BCUT2D eigenvalue weighted by molar-refractivity contribution is 0.536. The maximum atomic E-state index is 5.76. The summed E-state index contributed by atoms with van der Waals surface area (Å²) in [6.45, 7) is 6.15. The molecule has 4 heteroatoms. The van der Waals surface area contributed by atoms with Gasteiger partial charge in [0.15, 0.2) is 0 Å². The highest BCUT2D eigenvalue weighted by atomic mass is 32.1. The zero-order valence-electron chi connectivity index (χ0n) is 11.9. The van der Waals surface area contributed by atoms with Crippen molar-refractivity contribution in [2.45, 2.75) is 26.8 Å². The van der Waals surface area contributed by atoms with Crippen LogP contribution in [-0.4, -0.2) is 16.2 Å². The smallest absolute Gasteiger partial charge is 0.270 e. The van der Waals surface area contributed by atoms with Crippen LogP contribution in [0.2, 0.25) is 0 Å². The lowest BCUT2D eigenvalue weighted by Crippen LogP contribution is -2.40. The molecular formula is C16H18N2OS. The summed E-state index contributed by atoms with van der Waals surface area (Å²) in [5.74, 6) is 1.57. The van der Waals surface area contributed by atoms with E-state index in [0.717, 1.165) is 17.1 Å².